The Morgan fingerprint density at radius 3 is 3.25 bits per heavy atom. The average molecular weight is 217 g/mol. The van der Waals surface area contributed by atoms with Gasteiger partial charge in [0.25, 0.3) is 0 Å². The number of aromatic nitrogens is 1. The van der Waals surface area contributed by atoms with E-state index in [1.807, 2.05) is 24.3 Å². The van der Waals surface area contributed by atoms with Crippen molar-refractivity contribution >= 4 is 23.1 Å². The molecular formula is C12H11NO3. The number of carbonyl (C=O) groups excluding carboxylic acids is 1. The highest BCUT2D eigenvalue weighted by molar-refractivity contribution is 5.77. The summed E-state index contributed by atoms with van der Waals surface area (Å²) in [7, 11) is 1.37. The van der Waals surface area contributed by atoms with Crippen molar-refractivity contribution < 1.29 is 13.9 Å². The van der Waals surface area contributed by atoms with Crippen molar-refractivity contribution in [2.75, 3.05) is 7.11 Å². The van der Waals surface area contributed by atoms with Gasteiger partial charge in [-0.2, -0.15) is 0 Å². The molecule has 1 heterocycles. The summed E-state index contributed by atoms with van der Waals surface area (Å²) in [6.45, 7) is 0. The van der Waals surface area contributed by atoms with Gasteiger partial charge in [-0.05, 0) is 17.7 Å². The second-order valence-corrected chi connectivity index (χ2v) is 3.26. The molecule has 4 nitrogen and oxygen atoms in total. The largest absolute Gasteiger partial charge is 0.469 e. The number of esters is 1. The van der Waals surface area contributed by atoms with E-state index in [-0.39, 0.29) is 12.4 Å². The quantitative estimate of drug-likeness (QED) is 0.741. The molecule has 0 atom stereocenters. The van der Waals surface area contributed by atoms with Crippen LogP contribution in [0.5, 0.6) is 0 Å². The molecule has 0 aliphatic rings. The van der Waals surface area contributed by atoms with Gasteiger partial charge in [0.1, 0.15) is 5.52 Å². The van der Waals surface area contributed by atoms with Crippen LogP contribution < -0.4 is 0 Å². The Labute approximate surface area is 92.5 Å². The molecule has 0 bridgehead atoms. The summed E-state index contributed by atoms with van der Waals surface area (Å²) in [5.41, 5.74) is 2.54. The first kappa shape index (κ1) is 10.4. The Hall–Kier alpha value is -2.10. The molecular weight excluding hydrogens is 206 g/mol. The van der Waals surface area contributed by atoms with Crippen molar-refractivity contribution in [2.45, 2.75) is 6.42 Å². The molecule has 0 aliphatic heterocycles. The first-order chi connectivity index (χ1) is 7.79. The first-order valence-corrected chi connectivity index (χ1v) is 4.86. The number of oxazole rings is 1. The highest BCUT2D eigenvalue weighted by atomic mass is 16.5. The van der Waals surface area contributed by atoms with Crippen LogP contribution in [0.25, 0.3) is 17.2 Å². The van der Waals surface area contributed by atoms with Gasteiger partial charge in [0, 0.05) is 0 Å². The van der Waals surface area contributed by atoms with Crippen molar-refractivity contribution in [1.82, 2.24) is 4.98 Å². The number of nitrogens with zero attached hydrogens (tertiary/aromatic N) is 1. The number of benzene rings is 1. The maximum absolute atomic E-state index is 10.9. The van der Waals surface area contributed by atoms with Crippen LogP contribution in [-0.2, 0) is 9.53 Å². The number of hydrogen-bond donors (Lipinski definition) is 0. The van der Waals surface area contributed by atoms with Crippen LogP contribution in [-0.4, -0.2) is 18.1 Å². The number of ether oxygens (including phenoxy) is 1. The Kier molecular flexibility index (Phi) is 3.00. The SMILES string of the molecule is COC(=O)CC=Cc1ccc2ocnc2c1. The third-order valence-electron chi connectivity index (χ3n) is 2.18. The van der Waals surface area contributed by atoms with E-state index in [4.69, 9.17) is 4.42 Å². The lowest BCUT2D eigenvalue weighted by atomic mass is 10.2. The van der Waals surface area contributed by atoms with Gasteiger partial charge in [-0.15, -0.1) is 0 Å². The normalized spacial score (nSPS) is 11.1. The molecule has 82 valence electrons. The molecule has 0 fully saturated rings. The van der Waals surface area contributed by atoms with Gasteiger partial charge in [0.2, 0.25) is 0 Å². The van der Waals surface area contributed by atoms with Gasteiger partial charge in [-0.3, -0.25) is 4.79 Å². The molecule has 0 saturated heterocycles. The van der Waals surface area contributed by atoms with Crippen LogP contribution in [0, 0.1) is 0 Å². The molecule has 16 heavy (non-hydrogen) atoms. The fourth-order valence-electron chi connectivity index (χ4n) is 1.35. The van der Waals surface area contributed by atoms with E-state index in [1.54, 1.807) is 6.08 Å². The maximum Gasteiger partial charge on any atom is 0.309 e. The Morgan fingerprint density at radius 1 is 1.56 bits per heavy atom. The van der Waals surface area contributed by atoms with E-state index in [1.165, 1.54) is 13.5 Å². The van der Waals surface area contributed by atoms with Crippen LogP contribution in [0.4, 0.5) is 0 Å². The van der Waals surface area contributed by atoms with Gasteiger partial charge in [-0.25, -0.2) is 4.98 Å². The van der Waals surface area contributed by atoms with Crippen LogP contribution in [0.2, 0.25) is 0 Å². The van der Waals surface area contributed by atoms with Gasteiger partial charge in [0.15, 0.2) is 12.0 Å². The molecule has 0 aliphatic carbocycles. The second-order valence-electron chi connectivity index (χ2n) is 3.26. The summed E-state index contributed by atoms with van der Waals surface area (Å²) in [6, 6.07) is 5.65. The van der Waals surface area contributed by atoms with E-state index in [0.717, 1.165) is 16.7 Å². The van der Waals surface area contributed by atoms with E-state index in [0.29, 0.717) is 0 Å². The summed E-state index contributed by atoms with van der Waals surface area (Å²) < 4.78 is 9.65. The number of fused-ring (bicyclic) bond motifs is 1. The lowest BCUT2D eigenvalue weighted by Crippen LogP contribution is -1.96. The van der Waals surface area contributed by atoms with E-state index in [9.17, 15) is 4.79 Å². The van der Waals surface area contributed by atoms with Crippen LogP contribution in [0.15, 0.2) is 35.1 Å². The third kappa shape index (κ3) is 2.28. The predicted molar refractivity (Wildman–Crippen MR) is 59.7 cm³/mol. The molecule has 0 unspecified atom stereocenters. The van der Waals surface area contributed by atoms with Crippen LogP contribution in [0.3, 0.4) is 0 Å². The van der Waals surface area contributed by atoms with E-state index in [2.05, 4.69) is 9.72 Å². The Morgan fingerprint density at radius 2 is 2.44 bits per heavy atom. The van der Waals surface area contributed by atoms with Crippen molar-refractivity contribution in [1.29, 1.82) is 0 Å². The molecule has 2 rings (SSSR count). The molecule has 4 heteroatoms. The molecule has 0 spiro atoms. The maximum atomic E-state index is 10.9. The minimum Gasteiger partial charge on any atom is -0.469 e. The second kappa shape index (κ2) is 4.61. The van der Waals surface area contributed by atoms with Crippen LogP contribution in [0.1, 0.15) is 12.0 Å². The summed E-state index contributed by atoms with van der Waals surface area (Å²) >= 11 is 0. The molecule has 0 radical (unpaired) electrons. The molecule has 1 aromatic carbocycles. The molecule has 1 aromatic heterocycles. The highest BCUT2D eigenvalue weighted by Gasteiger charge is 1.98. The monoisotopic (exact) mass is 217 g/mol. The highest BCUT2D eigenvalue weighted by Crippen LogP contribution is 2.15. The zero-order chi connectivity index (χ0) is 11.4. The number of carbonyl (C=O) groups is 1. The smallest absolute Gasteiger partial charge is 0.309 e. The number of hydrogen-bond acceptors (Lipinski definition) is 4. The zero-order valence-electron chi connectivity index (χ0n) is 8.84. The Balaban J connectivity index is 2.11. The average Bonchev–Trinajstić information content (AvgIpc) is 2.76. The molecule has 2 aromatic rings. The molecule has 0 amide bonds. The van der Waals surface area contributed by atoms with Crippen molar-refractivity contribution in [3.05, 3.63) is 36.2 Å². The summed E-state index contributed by atoms with van der Waals surface area (Å²) in [5.74, 6) is -0.251. The topological polar surface area (TPSA) is 52.3 Å². The van der Waals surface area contributed by atoms with Crippen LogP contribution >= 0.6 is 0 Å². The molecule has 0 saturated carbocycles. The van der Waals surface area contributed by atoms with Crippen molar-refractivity contribution in [3.8, 4) is 0 Å². The van der Waals surface area contributed by atoms with Gasteiger partial charge in [-0.1, -0.05) is 18.2 Å². The van der Waals surface area contributed by atoms with Gasteiger partial charge >= 0.3 is 5.97 Å². The fourth-order valence-corrected chi connectivity index (χ4v) is 1.35. The zero-order valence-corrected chi connectivity index (χ0v) is 8.84. The predicted octanol–water partition coefficient (Wildman–Crippen LogP) is 2.40. The minimum atomic E-state index is -0.251. The summed E-state index contributed by atoms with van der Waals surface area (Å²) in [6.07, 6.45) is 5.29. The standard InChI is InChI=1S/C12H11NO3/c1-15-12(14)4-2-3-9-5-6-11-10(7-9)13-8-16-11/h2-3,5-8H,4H2,1H3. The molecule has 0 N–H and O–H groups in total. The van der Waals surface area contributed by atoms with Crippen molar-refractivity contribution in [2.24, 2.45) is 0 Å². The lowest BCUT2D eigenvalue weighted by Gasteiger charge is -1.94. The summed E-state index contributed by atoms with van der Waals surface area (Å²) in [4.78, 5) is 14.9. The first-order valence-electron chi connectivity index (χ1n) is 4.86. The van der Waals surface area contributed by atoms with Gasteiger partial charge < -0.3 is 9.15 Å². The van der Waals surface area contributed by atoms with Crippen molar-refractivity contribution in [3.63, 3.8) is 0 Å². The van der Waals surface area contributed by atoms with E-state index < -0.39 is 0 Å². The Bertz CT molecular complexity index is 528. The summed E-state index contributed by atoms with van der Waals surface area (Å²) in [5, 5.41) is 0. The third-order valence-corrected chi connectivity index (χ3v) is 2.18. The lowest BCUT2D eigenvalue weighted by molar-refractivity contribution is -0.139. The number of rotatable bonds is 3. The van der Waals surface area contributed by atoms with Gasteiger partial charge in [0.05, 0.1) is 13.5 Å². The number of methoxy groups -OCH3 is 1. The minimum absolute atomic E-state index is 0.251. The fraction of sp³-hybridized carbons (Fsp3) is 0.167. The van der Waals surface area contributed by atoms with E-state index >= 15 is 0 Å².